The van der Waals surface area contributed by atoms with E-state index in [0.29, 0.717) is 21.3 Å². The van der Waals surface area contributed by atoms with Crippen molar-refractivity contribution in [3.8, 4) is 0 Å². The average molecular weight is 496 g/mol. The van der Waals surface area contributed by atoms with Crippen LogP contribution in [-0.2, 0) is 14.8 Å². The van der Waals surface area contributed by atoms with Crippen LogP contribution in [0.15, 0.2) is 29.2 Å². The number of amides is 2. The van der Waals surface area contributed by atoms with Gasteiger partial charge in [0.2, 0.25) is 0 Å². The summed E-state index contributed by atoms with van der Waals surface area (Å²) in [6.07, 6.45) is 0. The van der Waals surface area contributed by atoms with E-state index in [-0.39, 0.29) is 21.8 Å². The van der Waals surface area contributed by atoms with E-state index in [1.54, 1.807) is 32.9 Å². The van der Waals surface area contributed by atoms with Gasteiger partial charge in [-0.2, -0.15) is 0 Å². The van der Waals surface area contributed by atoms with E-state index in [4.69, 9.17) is 4.74 Å². The number of rotatable bonds is 7. The number of benzene rings is 1. The summed E-state index contributed by atoms with van der Waals surface area (Å²) in [5, 5.41) is 5.88. The molecule has 2 amide bonds. The summed E-state index contributed by atoms with van der Waals surface area (Å²) >= 11 is 1.98. The number of carbonyl (C=O) groups excluding carboxylic acids is 2. The Hall–Kier alpha value is -3.03. The van der Waals surface area contributed by atoms with Gasteiger partial charge in [-0.15, -0.1) is 0 Å². The maximum Gasteiger partial charge on any atom is 0.350 e. The van der Waals surface area contributed by atoms with Gasteiger partial charge in [0.05, 0.1) is 22.9 Å². The van der Waals surface area contributed by atoms with Crippen molar-refractivity contribution in [3.63, 3.8) is 0 Å². The molecule has 0 spiro atoms. The maximum absolute atomic E-state index is 12.5. The van der Waals surface area contributed by atoms with Gasteiger partial charge >= 0.3 is 12.0 Å². The zero-order valence-electron chi connectivity index (χ0n) is 17.7. The molecule has 0 fully saturated rings. The molecular weight excluding hydrogens is 474 g/mol. The van der Waals surface area contributed by atoms with Crippen molar-refractivity contribution in [3.05, 3.63) is 46.1 Å². The summed E-state index contributed by atoms with van der Waals surface area (Å²) in [5.41, 5.74) is 1.83. The van der Waals surface area contributed by atoms with Crippen LogP contribution in [0.4, 0.5) is 20.1 Å². The number of hydrogen-bond acceptors (Lipinski definition) is 9. The van der Waals surface area contributed by atoms with Gasteiger partial charge < -0.3 is 4.74 Å². The predicted octanol–water partition coefficient (Wildman–Crippen LogP) is 4.15. The first kappa shape index (κ1) is 23.6. The van der Waals surface area contributed by atoms with Crippen molar-refractivity contribution in [2.45, 2.75) is 32.6 Å². The van der Waals surface area contributed by atoms with Crippen molar-refractivity contribution in [1.82, 2.24) is 9.97 Å². The lowest BCUT2D eigenvalue weighted by Gasteiger charge is -2.05. The number of hydrogen-bond donors (Lipinski definition) is 3. The monoisotopic (exact) mass is 495 g/mol. The number of aromatic nitrogens is 2. The lowest BCUT2D eigenvalue weighted by molar-refractivity contribution is 0.0531. The number of thiazole rings is 2. The van der Waals surface area contributed by atoms with E-state index < -0.39 is 22.0 Å². The van der Waals surface area contributed by atoms with Crippen LogP contribution in [-0.4, -0.2) is 37.0 Å². The van der Waals surface area contributed by atoms with Crippen LogP contribution in [0.1, 0.15) is 33.5 Å². The molecule has 0 bridgehead atoms. The Morgan fingerprint density at radius 2 is 1.62 bits per heavy atom. The summed E-state index contributed by atoms with van der Waals surface area (Å²) in [6, 6.07) is 5.81. The molecule has 32 heavy (non-hydrogen) atoms. The molecule has 13 heteroatoms. The molecule has 170 valence electrons. The zero-order chi connectivity index (χ0) is 23.5. The molecule has 0 atom stereocenters. The van der Waals surface area contributed by atoms with Crippen molar-refractivity contribution < 1.29 is 22.7 Å². The Morgan fingerprint density at radius 3 is 2.28 bits per heavy atom. The highest BCUT2D eigenvalue weighted by atomic mass is 32.2. The third-order valence-electron chi connectivity index (χ3n) is 4.05. The normalized spacial score (nSPS) is 11.1. The van der Waals surface area contributed by atoms with Crippen LogP contribution < -0.4 is 15.4 Å². The third-order valence-corrected chi connectivity index (χ3v) is 7.58. The maximum atomic E-state index is 12.5. The molecule has 0 aliphatic rings. The van der Waals surface area contributed by atoms with Gasteiger partial charge in [-0.05, 0) is 39.8 Å². The van der Waals surface area contributed by atoms with Crippen LogP contribution in [0.5, 0.6) is 0 Å². The highest BCUT2D eigenvalue weighted by Gasteiger charge is 2.20. The number of nitrogens with zero attached hydrogens (tertiary/aromatic N) is 2. The Bertz CT molecular complexity index is 1250. The van der Waals surface area contributed by atoms with Crippen LogP contribution in [0.3, 0.4) is 0 Å². The minimum atomic E-state index is -3.81. The number of nitrogens with one attached hydrogen (secondary N) is 3. The number of esters is 1. The van der Waals surface area contributed by atoms with Crippen LogP contribution in [0.2, 0.25) is 0 Å². The lowest BCUT2D eigenvalue weighted by Crippen LogP contribution is -2.19. The second kappa shape index (κ2) is 9.63. The molecule has 3 rings (SSSR count). The van der Waals surface area contributed by atoms with Crippen LogP contribution in [0.25, 0.3) is 0 Å². The molecule has 0 saturated carbocycles. The number of anilines is 3. The molecule has 3 aromatic rings. The van der Waals surface area contributed by atoms with Gasteiger partial charge in [0, 0.05) is 0 Å². The summed E-state index contributed by atoms with van der Waals surface area (Å²) in [5.74, 6) is -0.500. The number of aryl methyl sites for hydroxylation is 3. The molecule has 0 radical (unpaired) electrons. The van der Waals surface area contributed by atoms with E-state index in [2.05, 4.69) is 25.3 Å². The first-order valence-corrected chi connectivity index (χ1v) is 12.5. The second-order valence-electron chi connectivity index (χ2n) is 6.59. The fraction of sp³-hybridized carbons (Fsp3) is 0.263. The number of ether oxygens (including phenoxy) is 1. The Morgan fingerprint density at radius 1 is 0.969 bits per heavy atom. The average Bonchev–Trinajstić information content (AvgIpc) is 3.23. The molecule has 3 N–H and O–H groups in total. The van der Waals surface area contributed by atoms with Gasteiger partial charge in [0.15, 0.2) is 10.3 Å². The smallest absolute Gasteiger partial charge is 0.350 e. The topological polar surface area (TPSA) is 139 Å². The first-order valence-electron chi connectivity index (χ1n) is 9.38. The van der Waals surface area contributed by atoms with Gasteiger partial charge in [-0.3, -0.25) is 15.4 Å². The Kier molecular flexibility index (Phi) is 7.11. The predicted molar refractivity (Wildman–Crippen MR) is 124 cm³/mol. The largest absolute Gasteiger partial charge is 0.462 e. The molecule has 0 aliphatic carbocycles. The molecule has 0 unspecified atom stereocenters. The van der Waals surface area contributed by atoms with E-state index in [0.717, 1.165) is 28.2 Å². The molecule has 0 aliphatic heterocycles. The van der Waals surface area contributed by atoms with Gasteiger partial charge in [0.25, 0.3) is 10.0 Å². The second-order valence-corrected chi connectivity index (χ2v) is 10.3. The fourth-order valence-corrected chi connectivity index (χ4v) is 5.47. The molecule has 1 aromatic carbocycles. The van der Waals surface area contributed by atoms with Crippen molar-refractivity contribution >= 4 is 60.0 Å². The lowest BCUT2D eigenvalue weighted by atomic mass is 10.2. The van der Waals surface area contributed by atoms with Crippen LogP contribution >= 0.6 is 22.7 Å². The summed E-state index contributed by atoms with van der Waals surface area (Å²) in [6.45, 7) is 7.09. The molecular formula is C19H21N5O5S3. The summed E-state index contributed by atoms with van der Waals surface area (Å²) in [4.78, 5) is 33.0. The Labute approximate surface area is 193 Å². The van der Waals surface area contributed by atoms with Gasteiger partial charge in [-0.1, -0.05) is 40.4 Å². The van der Waals surface area contributed by atoms with Crippen molar-refractivity contribution in [2.75, 3.05) is 22.0 Å². The van der Waals surface area contributed by atoms with Crippen LogP contribution in [0, 0.1) is 20.8 Å². The minimum absolute atomic E-state index is 0.111. The number of urea groups is 1. The Balaban J connectivity index is 1.67. The van der Waals surface area contributed by atoms with E-state index >= 15 is 0 Å². The fourth-order valence-electron chi connectivity index (χ4n) is 2.51. The number of carbonyl (C=O) groups is 2. The van der Waals surface area contributed by atoms with Gasteiger partial charge in [-0.25, -0.2) is 28.0 Å². The third kappa shape index (κ3) is 5.60. The minimum Gasteiger partial charge on any atom is -0.462 e. The molecule has 0 saturated heterocycles. The van der Waals surface area contributed by atoms with Crippen molar-refractivity contribution in [2.24, 2.45) is 0 Å². The highest BCUT2D eigenvalue weighted by molar-refractivity contribution is 7.93. The SMILES string of the molecule is CCOC(=O)c1sc(NC(=O)Nc2sc(NS(=O)(=O)c3ccc(C)cc3)nc2C)nc1C. The zero-order valence-corrected chi connectivity index (χ0v) is 20.1. The summed E-state index contributed by atoms with van der Waals surface area (Å²) < 4.78 is 32.5. The summed E-state index contributed by atoms with van der Waals surface area (Å²) in [7, 11) is -3.81. The quantitative estimate of drug-likeness (QED) is 0.418. The number of sulfonamides is 1. The first-order chi connectivity index (χ1) is 15.1. The van der Waals surface area contributed by atoms with Gasteiger partial charge in [0.1, 0.15) is 9.88 Å². The molecule has 2 heterocycles. The highest BCUT2D eigenvalue weighted by Crippen LogP contribution is 2.30. The molecule has 10 nitrogen and oxygen atoms in total. The van der Waals surface area contributed by atoms with Crippen molar-refractivity contribution in [1.29, 1.82) is 0 Å². The molecule has 2 aromatic heterocycles. The van der Waals surface area contributed by atoms with E-state index in [1.165, 1.54) is 12.1 Å². The van der Waals surface area contributed by atoms with E-state index in [9.17, 15) is 18.0 Å². The van der Waals surface area contributed by atoms with E-state index in [1.807, 2.05) is 6.92 Å². The standard InChI is InChI=1S/C19H21N5O5S3/c1-5-29-16(25)14-11(3)20-18(30-14)23-17(26)22-15-12(4)21-19(31-15)24-32(27,28)13-8-6-10(2)7-9-13/h6-9H,5H2,1-4H3,(H,21,24)(H2,20,22,23,26).